The minimum atomic E-state index is -0.136. The second kappa shape index (κ2) is 4.92. The highest BCUT2D eigenvalue weighted by atomic mass is 19.1. The number of rotatable bonds is 2. The maximum atomic E-state index is 13.7. The van der Waals surface area contributed by atoms with Gasteiger partial charge in [-0.3, -0.25) is 5.10 Å². The van der Waals surface area contributed by atoms with Crippen LogP contribution in [0.3, 0.4) is 0 Å². The molecule has 0 amide bonds. The number of hydrogen-bond donors (Lipinski definition) is 1. The predicted molar refractivity (Wildman–Crippen MR) is 69.1 cm³/mol. The van der Waals surface area contributed by atoms with Crippen LogP contribution in [0.4, 0.5) is 4.39 Å². The summed E-state index contributed by atoms with van der Waals surface area (Å²) in [5.74, 6) is -0.136. The van der Waals surface area contributed by atoms with E-state index in [4.69, 9.17) is 0 Å². The molecule has 3 heteroatoms. The Balaban J connectivity index is 1.89. The van der Waals surface area contributed by atoms with Crippen LogP contribution in [-0.2, 0) is 19.3 Å². The average Bonchev–Trinajstić information content (AvgIpc) is 2.62. The third-order valence-electron chi connectivity index (χ3n) is 3.71. The van der Waals surface area contributed by atoms with E-state index in [2.05, 4.69) is 10.2 Å². The summed E-state index contributed by atoms with van der Waals surface area (Å²) in [7, 11) is 0. The first kappa shape index (κ1) is 11.5. The maximum Gasteiger partial charge on any atom is 0.126 e. The highest BCUT2D eigenvalue weighted by Crippen LogP contribution is 2.23. The number of fused-ring (bicyclic) bond motifs is 1. The monoisotopic (exact) mass is 244 g/mol. The zero-order chi connectivity index (χ0) is 12.4. The summed E-state index contributed by atoms with van der Waals surface area (Å²) in [6.45, 7) is 0. The molecule has 2 nitrogen and oxygen atoms in total. The normalized spacial score (nSPS) is 15.2. The fourth-order valence-corrected chi connectivity index (χ4v) is 2.69. The van der Waals surface area contributed by atoms with Gasteiger partial charge in [-0.15, -0.1) is 0 Å². The van der Waals surface area contributed by atoms with Crippen molar-refractivity contribution in [3.05, 3.63) is 52.6 Å². The molecule has 18 heavy (non-hydrogen) atoms. The number of H-pyrrole nitrogens is 1. The Bertz CT molecular complexity index is 545. The van der Waals surface area contributed by atoms with E-state index in [1.54, 1.807) is 6.07 Å². The van der Waals surface area contributed by atoms with Crippen molar-refractivity contribution in [2.75, 3.05) is 0 Å². The molecule has 0 radical (unpaired) electrons. The molecule has 0 fully saturated rings. The molecular weight excluding hydrogens is 227 g/mol. The molecule has 0 spiro atoms. The van der Waals surface area contributed by atoms with E-state index in [0.717, 1.165) is 24.1 Å². The fourth-order valence-electron chi connectivity index (χ4n) is 2.69. The molecule has 0 unspecified atom stereocenters. The molecule has 3 rings (SSSR count). The molecule has 0 bridgehead atoms. The number of aryl methyl sites for hydroxylation is 1. The number of benzene rings is 1. The fraction of sp³-hybridized carbons (Fsp3) is 0.400. The molecule has 1 N–H and O–H groups in total. The quantitative estimate of drug-likeness (QED) is 0.806. The first-order valence-corrected chi connectivity index (χ1v) is 6.63. The average molecular weight is 244 g/mol. The zero-order valence-electron chi connectivity index (χ0n) is 10.4. The summed E-state index contributed by atoms with van der Waals surface area (Å²) in [5.41, 5.74) is 4.35. The van der Waals surface area contributed by atoms with Crippen LogP contribution in [0.25, 0.3) is 0 Å². The van der Waals surface area contributed by atoms with Gasteiger partial charge >= 0.3 is 0 Å². The van der Waals surface area contributed by atoms with Crippen LogP contribution in [0.2, 0.25) is 0 Å². The molecule has 94 valence electrons. The summed E-state index contributed by atoms with van der Waals surface area (Å²) >= 11 is 0. The SMILES string of the molecule is Fc1ccccc1Cc1n[nH]c2c1CCCCC2. The van der Waals surface area contributed by atoms with Crippen LogP contribution in [0.15, 0.2) is 24.3 Å². The van der Waals surface area contributed by atoms with E-state index in [1.807, 2.05) is 12.1 Å². The number of nitrogens with zero attached hydrogens (tertiary/aromatic N) is 1. The predicted octanol–water partition coefficient (Wildman–Crippen LogP) is 3.41. The molecule has 0 saturated heterocycles. The van der Waals surface area contributed by atoms with E-state index in [9.17, 15) is 4.39 Å². The molecule has 1 heterocycles. The van der Waals surface area contributed by atoms with Crippen LogP contribution < -0.4 is 0 Å². The Kier molecular flexibility index (Phi) is 3.13. The topological polar surface area (TPSA) is 28.7 Å². The Hall–Kier alpha value is -1.64. The molecule has 1 aromatic carbocycles. The Morgan fingerprint density at radius 2 is 1.94 bits per heavy atom. The Morgan fingerprint density at radius 1 is 1.11 bits per heavy atom. The minimum absolute atomic E-state index is 0.136. The number of hydrogen-bond acceptors (Lipinski definition) is 1. The molecule has 1 aliphatic carbocycles. The van der Waals surface area contributed by atoms with Crippen molar-refractivity contribution in [3.8, 4) is 0 Å². The molecule has 1 aromatic heterocycles. The Morgan fingerprint density at radius 3 is 2.83 bits per heavy atom. The minimum Gasteiger partial charge on any atom is -0.282 e. The van der Waals surface area contributed by atoms with Crippen molar-refractivity contribution in [1.82, 2.24) is 10.2 Å². The van der Waals surface area contributed by atoms with Crippen molar-refractivity contribution in [2.24, 2.45) is 0 Å². The van der Waals surface area contributed by atoms with Gasteiger partial charge in [0.1, 0.15) is 5.82 Å². The largest absolute Gasteiger partial charge is 0.282 e. The standard InChI is InChI=1S/C15H17FN2/c16-13-8-5-4-6-11(13)10-15-12-7-2-1-3-9-14(12)17-18-15/h4-6,8H,1-3,7,9-10H2,(H,17,18). The van der Waals surface area contributed by atoms with E-state index in [1.165, 1.54) is 36.6 Å². The van der Waals surface area contributed by atoms with Crippen LogP contribution in [-0.4, -0.2) is 10.2 Å². The smallest absolute Gasteiger partial charge is 0.126 e. The number of nitrogens with one attached hydrogen (secondary N) is 1. The summed E-state index contributed by atoms with van der Waals surface area (Å²) in [5, 5.41) is 7.52. The van der Waals surface area contributed by atoms with Gasteiger partial charge in [0.05, 0.1) is 5.69 Å². The van der Waals surface area contributed by atoms with Gasteiger partial charge in [0.15, 0.2) is 0 Å². The molecular formula is C15H17FN2. The van der Waals surface area contributed by atoms with Gasteiger partial charge in [-0.2, -0.15) is 5.10 Å². The van der Waals surface area contributed by atoms with E-state index < -0.39 is 0 Å². The van der Waals surface area contributed by atoms with E-state index in [0.29, 0.717) is 6.42 Å². The van der Waals surface area contributed by atoms with Crippen molar-refractivity contribution >= 4 is 0 Å². The second-order valence-corrected chi connectivity index (χ2v) is 4.96. The Labute approximate surface area is 106 Å². The van der Waals surface area contributed by atoms with Crippen LogP contribution >= 0.6 is 0 Å². The van der Waals surface area contributed by atoms with Gasteiger partial charge in [-0.25, -0.2) is 4.39 Å². The van der Waals surface area contributed by atoms with Crippen molar-refractivity contribution in [1.29, 1.82) is 0 Å². The molecule has 2 aromatic rings. The highest BCUT2D eigenvalue weighted by Gasteiger charge is 2.16. The summed E-state index contributed by atoms with van der Waals surface area (Å²) < 4.78 is 13.7. The van der Waals surface area contributed by atoms with Gasteiger partial charge in [-0.1, -0.05) is 24.6 Å². The van der Waals surface area contributed by atoms with Gasteiger partial charge in [0.25, 0.3) is 0 Å². The molecule has 0 atom stereocenters. The first-order chi connectivity index (χ1) is 8.84. The lowest BCUT2D eigenvalue weighted by molar-refractivity contribution is 0.612. The van der Waals surface area contributed by atoms with Crippen LogP contribution in [0, 0.1) is 5.82 Å². The highest BCUT2D eigenvalue weighted by molar-refractivity contribution is 5.32. The summed E-state index contributed by atoms with van der Waals surface area (Å²) in [4.78, 5) is 0. The molecule has 0 saturated carbocycles. The second-order valence-electron chi connectivity index (χ2n) is 4.96. The number of aromatic amines is 1. The number of halogens is 1. The number of aromatic nitrogens is 2. The summed E-state index contributed by atoms with van der Waals surface area (Å²) in [6.07, 6.45) is 6.49. The first-order valence-electron chi connectivity index (χ1n) is 6.63. The van der Waals surface area contributed by atoms with Gasteiger partial charge in [0, 0.05) is 12.1 Å². The summed E-state index contributed by atoms with van der Waals surface area (Å²) in [6, 6.07) is 6.96. The third kappa shape index (κ3) is 2.17. The zero-order valence-corrected chi connectivity index (χ0v) is 10.4. The third-order valence-corrected chi connectivity index (χ3v) is 3.71. The lowest BCUT2D eigenvalue weighted by Crippen LogP contribution is -1.97. The molecule has 0 aliphatic heterocycles. The maximum absolute atomic E-state index is 13.7. The van der Waals surface area contributed by atoms with Gasteiger partial charge in [-0.05, 0) is 42.9 Å². The molecule has 1 aliphatic rings. The van der Waals surface area contributed by atoms with Crippen molar-refractivity contribution in [2.45, 2.75) is 38.5 Å². The lowest BCUT2D eigenvalue weighted by atomic mass is 10.0. The van der Waals surface area contributed by atoms with Crippen LogP contribution in [0.1, 0.15) is 41.8 Å². The van der Waals surface area contributed by atoms with E-state index in [-0.39, 0.29) is 5.82 Å². The van der Waals surface area contributed by atoms with Crippen LogP contribution in [0.5, 0.6) is 0 Å². The van der Waals surface area contributed by atoms with Gasteiger partial charge < -0.3 is 0 Å². The van der Waals surface area contributed by atoms with Crippen molar-refractivity contribution in [3.63, 3.8) is 0 Å². The van der Waals surface area contributed by atoms with Gasteiger partial charge in [0.2, 0.25) is 0 Å². The van der Waals surface area contributed by atoms with Crippen molar-refractivity contribution < 1.29 is 4.39 Å². The lowest BCUT2D eigenvalue weighted by Gasteiger charge is -2.03. The van der Waals surface area contributed by atoms with E-state index >= 15 is 0 Å².